The van der Waals surface area contributed by atoms with Crippen LogP contribution in [0.3, 0.4) is 0 Å². The van der Waals surface area contributed by atoms with E-state index in [2.05, 4.69) is 0 Å². The van der Waals surface area contributed by atoms with Crippen LogP contribution in [0.15, 0.2) is 30.3 Å². The Kier molecular flexibility index (Phi) is 8.61. The first kappa shape index (κ1) is 34.5. The van der Waals surface area contributed by atoms with E-state index in [1.165, 1.54) is 20.8 Å². The van der Waals surface area contributed by atoms with Gasteiger partial charge < -0.3 is 28.8 Å². The van der Waals surface area contributed by atoms with Crippen LogP contribution >= 0.6 is 0 Å². The molecule has 4 fully saturated rings. The van der Waals surface area contributed by atoms with E-state index in [1.807, 2.05) is 13.8 Å². The Labute approximate surface area is 273 Å². The second-order valence-electron chi connectivity index (χ2n) is 14.6. The monoisotopic (exact) mass is 656 g/mol. The van der Waals surface area contributed by atoms with Crippen molar-refractivity contribution < 1.29 is 57.6 Å². The topological polar surface area (TPSA) is 169 Å². The van der Waals surface area contributed by atoms with Crippen LogP contribution in [0.25, 0.3) is 0 Å². The summed E-state index contributed by atoms with van der Waals surface area (Å²) in [7, 11) is 0. The second kappa shape index (κ2) is 11.7. The van der Waals surface area contributed by atoms with E-state index in [1.54, 1.807) is 44.2 Å². The molecule has 1 N–H and O–H groups in total. The molecule has 0 aliphatic heterocycles. The summed E-state index contributed by atoms with van der Waals surface area (Å²) < 4.78 is 29.9. The summed E-state index contributed by atoms with van der Waals surface area (Å²) in [6.45, 7) is 11.4. The van der Waals surface area contributed by atoms with E-state index in [4.69, 9.17) is 23.7 Å². The lowest BCUT2D eigenvalue weighted by Crippen LogP contribution is -2.76. The molecule has 4 aliphatic rings. The largest absolute Gasteiger partial charge is 0.465 e. The van der Waals surface area contributed by atoms with Gasteiger partial charge in [-0.2, -0.15) is 0 Å². The maximum absolute atomic E-state index is 14.0. The van der Waals surface area contributed by atoms with Crippen molar-refractivity contribution >= 4 is 35.6 Å². The molecule has 0 radical (unpaired) electrons. The zero-order chi connectivity index (χ0) is 34.9. The molecule has 4 aliphatic carbocycles. The van der Waals surface area contributed by atoms with Gasteiger partial charge in [-0.25, -0.2) is 4.79 Å². The smallest absolute Gasteiger partial charge is 0.338 e. The number of hydrogen-bond donors (Lipinski definition) is 1. The number of fused-ring (bicyclic) bond motifs is 4. The second-order valence-corrected chi connectivity index (χ2v) is 14.6. The third-order valence-corrected chi connectivity index (χ3v) is 11.5. The van der Waals surface area contributed by atoms with Crippen molar-refractivity contribution in [2.75, 3.05) is 6.61 Å². The zero-order valence-corrected chi connectivity index (χ0v) is 28.1. The van der Waals surface area contributed by atoms with E-state index < -0.39 is 99.8 Å². The number of aliphatic hydroxyl groups is 1. The molecule has 0 bridgehead atoms. The van der Waals surface area contributed by atoms with Crippen LogP contribution in [0.4, 0.5) is 0 Å². The van der Waals surface area contributed by atoms with Crippen LogP contribution < -0.4 is 0 Å². The number of carbonyl (C=O) groups is 6. The predicted molar refractivity (Wildman–Crippen MR) is 162 cm³/mol. The summed E-state index contributed by atoms with van der Waals surface area (Å²) in [5.74, 6) is -7.13. The molecule has 4 saturated carbocycles. The van der Waals surface area contributed by atoms with Gasteiger partial charge in [-0.15, -0.1) is 0 Å². The minimum absolute atomic E-state index is 0.0578. The Morgan fingerprint density at radius 3 is 1.94 bits per heavy atom. The Morgan fingerprint density at radius 1 is 0.809 bits per heavy atom. The molecular weight excluding hydrogens is 612 g/mol. The van der Waals surface area contributed by atoms with Crippen LogP contribution in [0.2, 0.25) is 0 Å². The summed E-state index contributed by atoms with van der Waals surface area (Å²) >= 11 is 0. The fraction of sp³-hybridized carbons (Fsp3) is 0.657. The summed E-state index contributed by atoms with van der Waals surface area (Å²) in [5, 5.41) is 13.2. The van der Waals surface area contributed by atoms with Gasteiger partial charge in [0, 0.05) is 50.4 Å². The van der Waals surface area contributed by atoms with E-state index in [0.717, 1.165) is 6.92 Å². The number of Topliss-reactive ketones (excluding diaryl/α,β-unsaturated/α-hetero) is 1. The third-order valence-electron chi connectivity index (χ3n) is 11.5. The van der Waals surface area contributed by atoms with Crippen molar-refractivity contribution in [3.63, 3.8) is 0 Å². The van der Waals surface area contributed by atoms with Crippen molar-refractivity contribution in [1.82, 2.24) is 0 Å². The van der Waals surface area contributed by atoms with Gasteiger partial charge in [0.1, 0.15) is 42.4 Å². The molecule has 1 aromatic carbocycles. The van der Waals surface area contributed by atoms with Crippen molar-refractivity contribution in [3.05, 3.63) is 35.9 Å². The fourth-order valence-electron chi connectivity index (χ4n) is 9.74. The molecular formula is C35H44O12. The lowest BCUT2D eigenvalue weighted by Gasteiger charge is -2.63. The average molecular weight is 657 g/mol. The summed E-state index contributed by atoms with van der Waals surface area (Å²) in [6.07, 6.45) is -5.10. The lowest BCUT2D eigenvalue weighted by molar-refractivity contribution is -0.308. The van der Waals surface area contributed by atoms with Crippen LogP contribution in [0, 0.1) is 39.9 Å². The fourth-order valence-corrected chi connectivity index (χ4v) is 9.74. The first-order valence-corrected chi connectivity index (χ1v) is 16.0. The number of benzene rings is 1. The molecule has 11 unspecified atom stereocenters. The number of ketones is 1. The highest BCUT2D eigenvalue weighted by molar-refractivity contribution is 5.90. The summed E-state index contributed by atoms with van der Waals surface area (Å²) in [6, 6.07) is 8.14. The van der Waals surface area contributed by atoms with Crippen molar-refractivity contribution in [1.29, 1.82) is 0 Å². The minimum atomic E-state index is -2.29. The molecule has 11 atom stereocenters. The van der Waals surface area contributed by atoms with Crippen molar-refractivity contribution in [3.8, 4) is 0 Å². The average Bonchev–Trinajstić information content (AvgIpc) is 3.45. The Bertz CT molecular complexity index is 1490. The highest BCUT2D eigenvalue weighted by Crippen LogP contribution is 2.75. The van der Waals surface area contributed by atoms with Gasteiger partial charge in [-0.3, -0.25) is 24.0 Å². The maximum Gasteiger partial charge on any atom is 0.338 e. The predicted octanol–water partition coefficient (Wildman–Crippen LogP) is 3.21. The SMILES string of the molecule is CC(=O)OCC12CC3C(=O)C(C)(C)CC3C1(C)C(OC(C)=O)C1(O)C(OC(C)=O)C(C)C(OC(=O)c3ccccc3)C1C2OC(C)=O. The van der Waals surface area contributed by atoms with Gasteiger partial charge in [-0.1, -0.05) is 45.9 Å². The van der Waals surface area contributed by atoms with E-state index in [0.29, 0.717) is 6.42 Å². The maximum atomic E-state index is 14.0. The molecule has 12 heteroatoms. The van der Waals surface area contributed by atoms with Gasteiger partial charge >= 0.3 is 29.8 Å². The van der Waals surface area contributed by atoms with E-state index in [9.17, 15) is 33.9 Å². The van der Waals surface area contributed by atoms with Crippen molar-refractivity contribution in [2.24, 2.45) is 39.9 Å². The first-order valence-electron chi connectivity index (χ1n) is 16.0. The molecule has 5 rings (SSSR count). The number of hydrogen-bond acceptors (Lipinski definition) is 12. The number of carbonyl (C=O) groups excluding carboxylic acids is 6. The Balaban J connectivity index is 1.81. The standard InChI is InChI=1S/C35H44O12/c1-17-26(47-30(41)22-12-10-9-11-13-22)25-29(45-20(4)38)34(16-43-18(2)36)14-23-24(15-32(6,7)27(23)40)33(34,8)31(46-21(5)39)35(25,42)28(17)44-19(3)37/h9-13,17,23-26,28-29,31,42H,14-16H2,1-8H3. The normalized spacial score (nSPS) is 39.6. The summed E-state index contributed by atoms with van der Waals surface area (Å²) in [5.41, 5.74) is -5.65. The molecule has 0 heterocycles. The molecule has 12 nitrogen and oxygen atoms in total. The first-order chi connectivity index (χ1) is 21.8. The van der Waals surface area contributed by atoms with Crippen LogP contribution in [-0.4, -0.2) is 77.4 Å². The van der Waals surface area contributed by atoms with Gasteiger partial charge in [-0.05, 0) is 30.9 Å². The minimum Gasteiger partial charge on any atom is -0.465 e. The van der Waals surface area contributed by atoms with Crippen LogP contribution in [0.1, 0.15) is 78.6 Å². The highest BCUT2D eigenvalue weighted by atomic mass is 16.6. The van der Waals surface area contributed by atoms with Crippen LogP contribution in [-0.2, 0) is 47.7 Å². The number of ether oxygens (including phenoxy) is 5. The third kappa shape index (κ3) is 5.14. The van der Waals surface area contributed by atoms with Gasteiger partial charge in [0.2, 0.25) is 0 Å². The lowest BCUT2D eigenvalue weighted by atomic mass is 9.46. The molecule has 0 saturated heterocycles. The van der Waals surface area contributed by atoms with Crippen LogP contribution in [0.5, 0.6) is 0 Å². The molecule has 0 aromatic heterocycles. The molecule has 1 aromatic rings. The molecule has 47 heavy (non-hydrogen) atoms. The zero-order valence-electron chi connectivity index (χ0n) is 28.1. The quantitative estimate of drug-likeness (QED) is 0.337. The summed E-state index contributed by atoms with van der Waals surface area (Å²) in [4.78, 5) is 78.5. The van der Waals surface area contributed by atoms with Gasteiger partial charge in [0.25, 0.3) is 0 Å². The Hall–Kier alpha value is -3.80. The van der Waals surface area contributed by atoms with E-state index >= 15 is 0 Å². The molecule has 0 spiro atoms. The number of esters is 5. The Morgan fingerprint density at radius 2 is 1.38 bits per heavy atom. The van der Waals surface area contributed by atoms with Gasteiger partial charge in [0.15, 0.2) is 0 Å². The van der Waals surface area contributed by atoms with Crippen molar-refractivity contribution in [2.45, 2.75) is 98.2 Å². The molecule has 0 amide bonds. The van der Waals surface area contributed by atoms with E-state index in [-0.39, 0.29) is 24.4 Å². The number of rotatable bonds is 7. The highest BCUT2D eigenvalue weighted by Gasteiger charge is 2.85. The van der Waals surface area contributed by atoms with Gasteiger partial charge in [0.05, 0.1) is 16.9 Å². The molecule has 256 valence electrons.